The zero-order valence-corrected chi connectivity index (χ0v) is 10.5. The van der Waals surface area contributed by atoms with Gasteiger partial charge in [-0.3, -0.25) is 0 Å². The molecule has 0 amide bonds. The number of aliphatic hydroxyl groups excluding tert-OH is 1. The molecule has 0 aromatic heterocycles. The van der Waals surface area contributed by atoms with Crippen molar-refractivity contribution < 1.29 is 5.11 Å². The van der Waals surface area contributed by atoms with Crippen molar-refractivity contribution in [3.63, 3.8) is 0 Å². The van der Waals surface area contributed by atoms with Crippen LogP contribution in [0.1, 0.15) is 24.4 Å². The summed E-state index contributed by atoms with van der Waals surface area (Å²) in [4.78, 5) is 0. The zero-order chi connectivity index (χ0) is 11.0. The molecule has 82 valence electrons. The van der Waals surface area contributed by atoms with Gasteiger partial charge in [0.05, 0.1) is 17.2 Å². The fourth-order valence-corrected chi connectivity index (χ4v) is 2.16. The molecule has 1 aromatic carbocycles. The van der Waals surface area contributed by atoms with Crippen LogP contribution in [0.4, 0.5) is 0 Å². The number of aliphatic hydroxyl groups is 1. The molecule has 1 saturated carbocycles. The number of benzene rings is 1. The Morgan fingerprint density at radius 3 is 2.67 bits per heavy atom. The minimum absolute atomic E-state index is 0.314. The first-order valence-electron chi connectivity index (χ1n) is 4.98. The number of hydrogen-bond donors (Lipinski definition) is 2. The fraction of sp³-hybridized carbons (Fsp3) is 0.455. The van der Waals surface area contributed by atoms with Crippen LogP contribution in [0.5, 0.6) is 0 Å². The van der Waals surface area contributed by atoms with Crippen LogP contribution in [0.2, 0.25) is 5.02 Å². The van der Waals surface area contributed by atoms with Crippen LogP contribution in [0.15, 0.2) is 22.7 Å². The topological polar surface area (TPSA) is 46.2 Å². The second-order valence-electron chi connectivity index (χ2n) is 4.03. The average Bonchev–Trinajstić information content (AvgIpc) is 3.03. The molecule has 1 aliphatic rings. The van der Waals surface area contributed by atoms with Crippen LogP contribution in [-0.2, 0) is 0 Å². The Hall–Kier alpha value is -0.0900. The van der Waals surface area contributed by atoms with E-state index in [2.05, 4.69) is 15.9 Å². The largest absolute Gasteiger partial charge is 0.391 e. The van der Waals surface area contributed by atoms with Gasteiger partial charge >= 0.3 is 0 Å². The number of hydrogen-bond acceptors (Lipinski definition) is 2. The van der Waals surface area contributed by atoms with Crippen molar-refractivity contribution in [2.24, 2.45) is 11.7 Å². The molecule has 0 spiro atoms. The molecular weight excluding hydrogens is 277 g/mol. The third-order valence-corrected chi connectivity index (χ3v) is 4.02. The molecule has 0 unspecified atom stereocenters. The second-order valence-corrected chi connectivity index (χ2v) is 5.29. The van der Waals surface area contributed by atoms with Gasteiger partial charge in [-0.25, -0.2) is 0 Å². The lowest BCUT2D eigenvalue weighted by Crippen LogP contribution is -2.27. The summed E-state index contributed by atoms with van der Waals surface area (Å²) in [5.41, 5.74) is 6.91. The lowest BCUT2D eigenvalue weighted by atomic mass is 9.99. The van der Waals surface area contributed by atoms with Gasteiger partial charge in [0, 0.05) is 4.47 Å². The van der Waals surface area contributed by atoms with Crippen LogP contribution in [-0.4, -0.2) is 11.2 Å². The van der Waals surface area contributed by atoms with E-state index in [0.717, 1.165) is 22.9 Å². The summed E-state index contributed by atoms with van der Waals surface area (Å²) in [6, 6.07) is 5.22. The van der Waals surface area contributed by atoms with E-state index in [1.165, 1.54) is 0 Å². The summed E-state index contributed by atoms with van der Waals surface area (Å²) in [7, 11) is 0. The van der Waals surface area contributed by atoms with Crippen LogP contribution in [0.25, 0.3) is 0 Å². The van der Waals surface area contributed by atoms with Gasteiger partial charge in [-0.05, 0) is 52.4 Å². The molecule has 0 saturated heterocycles. The molecule has 1 fully saturated rings. The first-order valence-corrected chi connectivity index (χ1v) is 6.15. The first-order chi connectivity index (χ1) is 7.09. The molecule has 2 atom stereocenters. The lowest BCUT2D eigenvalue weighted by Gasteiger charge is -2.19. The van der Waals surface area contributed by atoms with Gasteiger partial charge in [0.15, 0.2) is 0 Å². The smallest absolute Gasteiger partial charge is 0.0760 e. The highest BCUT2D eigenvalue weighted by Crippen LogP contribution is 2.38. The van der Waals surface area contributed by atoms with E-state index >= 15 is 0 Å². The van der Waals surface area contributed by atoms with Crippen molar-refractivity contribution >= 4 is 27.5 Å². The Bertz CT molecular complexity index is 368. The van der Waals surface area contributed by atoms with E-state index in [1.807, 2.05) is 12.1 Å². The van der Waals surface area contributed by atoms with Gasteiger partial charge in [-0.15, -0.1) is 0 Å². The molecule has 0 aliphatic heterocycles. The van der Waals surface area contributed by atoms with Crippen molar-refractivity contribution in [1.29, 1.82) is 0 Å². The zero-order valence-electron chi connectivity index (χ0n) is 8.16. The summed E-state index contributed by atoms with van der Waals surface area (Å²) < 4.78 is 0.820. The number of nitrogens with two attached hydrogens (primary N) is 1. The van der Waals surface area contributed by atoms with E-state index in [9.17, 15) is 5.11 Å². The van der Waals surface area contributed by atoms with Crippen molar-refractivity contribution in [3.8, 4) is 0 Å². The first kappa shape index (κ1) is 11.4. The van der Waals surface area contributed by atoms with Crippen molar-refractivity contribution in [2.75, 3.05) is 0 Å². The van der Waals surface area contributed by atoms with E-state index in [1.54, 1.807) is 6.07 Å². The van der Waals surface area contributed by atoms with Crippen LogP contribution in [0.3, 0.4) is 0 Å². The molecule has 0 bridgehead atoms. The molecule has 1 aliphatic carbocycles. The predicted molar refractivity (Wildman–Crippen MR) is 64.8 cm³/mol. The third-order valence-electron chi connectivity index (χ3n) is 2.80. The molecule has 2 rings (SSSR count). The fourth-order valence-electron chi connectivity index (χ4n) is 1.65. The Balaban J connectivity index is 2.17. The van der Waals surface area contributed by atoms with Crippen LogP contribution < -0.4 is 5.73 Å². The summed E-state index contributed by atoms with van der Waals surface area (Å²) >= 11 is 9.24. The van der Waals surface area contributed by atoms with E-state index in [4.69, 9.17) is 17.3 Å². The average molecular weight is 291 g/mol. The van der Waals surface area contributed by atoms with Crippen molar-refractivity contribution in [3.05, 3.63) is 33.3 Å². The molecular formula is C11H13BrClNO. The highest BCUT2D eigenvalue weighted by molar-refractivity contribution is 9.10. The van der Waals surface area contributed by atoms with E-state index in [-0.39, 0.29) is 6.04 Å². The standard InChI is InChI=1S/C11H13BrClNO/c12-8-5-7(3-4-9(8)13)10(14)11(15)6-1-2-6/h3-6,10-11,15H,1-2,14H2/t10-,11+/m1/s1. The molecule has 1 aromatic rings. The van der Waals surface area contributed by atoms with Gasteiger partial charge in [-0.2, -0.15) is 0 Å². The summed E-state index contributed by atoms with van der Waals surface area (Å²) in [6.07, 6.45) is 1.74. The molecule has 4 heteroatoms. The third kappa shape index (κ3) is 2.53. The maximum atomic E-state index is 9.90. The van der Waals surface area contributed by atoms with Gasteiger partial charge < -0.3 is 10.8 Å². The summed E-state index contributed by atoms with van der Waals surface area (Å²) in [5, 5.41) is 10.6. The minimum Gasteiger partial charge on any atom is -0.391 e. The quantitative estimate of drug-likeness (QED) is 0.899. The number of halogens is 2. The van der Waals surface area contributed by atoms with Gasteiger partial charge in [0.25, 0.3) is 0 Å². The van der Waals surface area contributed by atoms with Crippen molar-refractivity contribution in [2.45, 2.75) is 25.0 Å². The van der Waals surface area contributed by atoms with Gasteiger partial charge in [0.1, 0.15) is 0 Å². The highest BCUT2D eigenvalue weighted by Gasteiger charge is 2.34. The van der Waals surface area contributed by atoms with E-state index < -0.39 is 6.10 Å². The molecule has 2 nitrogen and oxygen atoms in total. The summed E-state index contributed by atoms with van der Waals surface area (Å²) in [6.45, 7) is 0. The maximum absolute atomic E-state index is 9.90. The monoisotopic (exact) mass is 289 g/mol. The van der Waals surface area contributed by atoms with Crippen LogP contribution >= 0.6 is 27.5 Å². The SMILES string of the molecule is N[C@H](c1ccc(Cl)c(Br)c1)[C@@H](O)C1CC1. The van der Waals surface area contributed by atoms with Gasteiger partial charge in [-0.1, -0.05) is 17.7 Å². The Morgan fingerprint density at radius 1 is 1.47 bits per heavy atom. The molecule has 15 heavy (non-hydrogen) atoms. The molecule has 0 radical (unpaired) electrons. The maximum Gasteiger partial charge on any atom is 0.0760 e. The van der Waals surface area contributed by atoms with Gasteiger partial charge in [0.2, 0.25) is 0 Å². The second kappa shape index (κ2) is 4.42. The Kier molecular flexibility index (Phi) is 3.36. The Labute approximate surface area is 103 Å². The van der Waals surface area contributed by atoms with Crippen molar-refractivity contribution in [1.82, 2.24) is 0 Å². The number of rotatable bonds is 3. The van der Waals surface area contributed by atoms with Crippen LogP contribution in [0, 0.1) is 5.92 Å². The minimum atomic E-state index is -0.432. The van der Waals surface area contributed by atoms with E-state index in [0.29, 0.717) is 10.9 Å². The molecule has 3 N–H and O–H groups in total. The highest BCUT2D eigenvalue weighted by atomic mass is 79.9. The predicted octanol–water partition coefficient (Wildman–Crippen LogP) is 2.87. The summed E-state index contributed by atoms with van der Waals surface area (Å²) in [5.74, 6) is 0.384. The lowest BCUT2D eigenvalue weighted by molar-refractivity contribution is 0.122. The Morgan fingerprint density at radius 2 is 2.13 bits per heavy atom. The molecule has 0 heterocycles. The normalized spacial score (nSPS) is 20.0.